The van der Waals surface area contributed by atoms with Crippen LogP contribution in [0.15, 0.2) is 36.4 Å². The predicted octanol–water partition coefficient (Wildman–Crippen LogP) is 2.95. The van der Waals surface area contributed by atoms with Crippen molar-refractivity contribution in [1.82, 2.24) is 5.32 Å². The third-order valence-electron chi connectivity index (χ3n) is 3.68. The van der Waals surface area contributed by atoms with Gasteiger partial charge in [0.1, 0.15) is 5.75 Å². The Morgan fingerprint density at radius 3 is 2.45 bits per heavy atom. The van der Waals surface area contributed by atoms with Gasteiger partial charge < -0.3 is 15.2 Å². The molecular weight excluding hydrogens is 250 g/mol. The fraction of sp³-hybridized carbons (Fsp3) is 0.412. The number of benzene rings is 2. The summed E-state index contributed by atoms with van der Waals surface area (Å²) in [5.74, 6) is 1.30. The third-order valence-corrected chi connectivity index (χ3v) is 3.68. The lowest BCUT2D eigenvalue weighted by Gasteiger charge is -2.20. The maximum absolute atomic E-state index is 9.33. The highest BCUT2D eigenvalue weighted by atomic mass is 16.5. The summed E-state index contributed by atoms with van der Waals surface area (Å²) in [6.07, 6.45) is 0. The van der Waals surface area contributed by atoms with E-state index in [0.29, 0.717) is 5.92 Å². The summed E-state index contributed by atoms with van der Waals surface area (Å²) in [5.41, 5.74) is 1.22. The van der Waals surface area contributed by atoms with Crippen LogP contribution < -0.4 is 10.1 Å². The lowest BCUT2D eigenvalue weighted by Crippen LogP contribution is -2.36. The van der Waals surface area contributed by atoms with Gasteiger partial charge >= 0.3 is 0 Å². The van der Waals surface area contributed by atoms with Crippen LogP contribution in [0.5, 0.6) is 5.75 Å². The topological polar surface area (TPSA) is 41.5 Å². The average molecular weight is 273 g/mol. The van der Waals surface area contributed by atoms with Crippen LogP contribution in [-0.2, 0) is 6.54 Å². The second kappa shape index (κ2) is 6.73. The number of fused-ring (bicyclic) bond motifs is 1. The Balaban J connectivity index is 2.12. The molecule has 3 heteroatoms. The zero-order valence-corrected chi connectivity index (χ0v) is 12.4. The second-order valence-electron chi connectivity index (χ2n) is 5.46. The van der Waals surface area contributed by atoms with Gasteiger partial charge in [0.25, 0.3) is 0 Å². The maximum Gasteiger partial charge on any atom is 0.119 e. The molecular formula is C17H23NO2. The van der Waals surface area contributed by atoms with E-state index in [2.05, 4.69) is 43.4 Å². The molecule has 2 aromatic carbocycles. The van der Waals surface area contributed by atoms with E-state index < -0.39 is 0 Å². The molecule has 0 fully saturated rings. The minimum Gasteiger partial charge on any atom is -0.497 e. The van der Waals surface area contributed by atoms with Crippen LogP contribution in [-0.4, -0.2) is 24.9 Å². The SMILES string of the molecule is COc1ccc2cc(CNC(CO)C(C)C)ccc2c1. The summed E-state index contributed by atoms with van der Waals surface area (Å²) < 4.78 is 5.23. The van der Waals surface area contributed by atoms with Crippen LogP contribution in [0.2, 0.25) is 0 Å². The highest BCUT2D eigenvalue weighted by Crippen LogP contribution is 2.21. The normalized spacial score (nSPS) is 12.8. The standard InChI is InChI=1S/C17H23NO2/c1-12(2)17(11-19)18-10-13-4-5-15-9-16(20-3)7-6-14(15)8-13/h4-9,12,17-19H,10-11H2,1-3H3. The summed E-state index contributed by atoms with van der Waals surface area (Å²) in [7, 11) is 1.68. The van der Waals surface area contributed by atoms with Gasteiger partial charge in [0, 0.05) is 12.6 Å². The van der Waals surface area contributed by atoms with Gasteiger partial charge in [0.2, 0.25) is 0 Å². The van der Waals surface area contributed by atoms with E-state index in [-0.39, 0.29) is 12.6 Å². The van der Waals surface area contributed by atoms with Crippen molar-refractivity contribution in [1.29, 1.82) is 0 Å². The van der Waals surface area contributed by atoms with Crippen molar-refractivity contribution in [3.05, 3.63) is 42.0 Å². The van der Waals surface area contributed by atoms with Crippen molar-refractivity contribution in [2.45, 2.75) is 26.4 Å². The molecule has 0 amide bonds. The van der Waals surface area contributed by atoms with E-state index in [0.717, 1.165) is 12.3 Å². The molecule has 0 aliphatic rings. The Bertz CT molecular complexity index is 566. The molecule has 0 saturated heterocycles. The Labute approximate surface area is 120 Å². The summed E-state index contributed by atoms with van der Waals surface area (Å²) in [5, 5.41) is 15.1. The minimum atomic E-state index is 0.140. The van der Waals surface area contributed by atoms with Crippen molar-refractivity contribution in [2.24, 2.45) is 5.92 Å². The van der Waals surface area contributed by atoms with E-state index in [9.17, 15) is 5.11 Å². The molecule has 0 aliphatic carbocycles. The van der Waals surface area contributed by atoms with E-state index in [4.69, 9.17) is 4.74 Å². The number of methoxy groups -OCH3 is 1. The highest BCUT2D eigenvalue weighted by Gasteiger charge is 2.10. The van der Waals surface area contributed by atoms with Crippen molar-refractivity contribution in [3.8, 4) is 5.75 Å². The van der Waals surface area contributed by atoms with Gasteiger partial charge in [-0.15, -0.1) is 0 Å². The molecule has 0 saturated carbocycles. The van der Waals surface area contributed by atoms with Gasteiger partial charge in [-0.1, -0.05) is 32.0 Å². The second-order valence-corrected chi connectivity index (χ2v) is 5.46. The minimum absolute atomic E-state index is 0.140. The molecule has 2 aromatic rings. The number of hydrogen-bond donors (Lipinski definition) is 2. The summed E-state index contributed by atoms with van der Waals surface area (Å²) in [6.45, 7) is 5.16. The van der Waals surface area contributed by atoms with Gasteiger partial charge in [-0.2, -0.15) is 0 Å². The third kappa shape index (κ3) is 3.50. The molecule has 0 bridgehead atoms. The fourth-order valence-corrected chi connectivity index (χ4v) is 2.27. The summed E-state index contributed by atoms with van der Waals surface area (Å²) in [6, 6.07) is 12.6. The summed E-state index contributed by atoms with van der Waals surface area (Å²) in [4.78, 5) is 0. The van der Waals surface area contributed by atoms with Crippen molar-refractivity contribution >= 4 is 10.8 Å². The highest BCUT2D eigenvalue weighted by molar-refractivity contribution is 5.84. The van der Waals surface area contributed by atoms with Gasteiger partial charge in [0.05, 0.1) is 13.7 Å². The average Bonchev–Trinajstić information content (AvgIpc) is 2.46. The molecule has 108 valence electrons. The molecule has 0 spiro atoms. The van der Waals surface area contributed by atoms with Crippen molar-refractivity contribution in [3.63, 3.8) is 0 Å². The fourth-order valence-electron chi connectivity index (χ4n) is 2.27. The molecule has 0 radical (unpaired) electrons. The molecule has 3 nitrogen and oxygen atoms in total. The number of rotatable bonds is 6. The first-order valence-electron chi connectivity index (χ1n) is 7.05. The molecule has 2 N–H and O–H groups in total. The molecule has 20 heavy (non-hydrogen) atoms. The number of nitrogens with one attached hydrogen (secondary N) is 1. The Kier molecular flexibility index (Phi) is 4.99. The molecule has 2 rings (SSSR count). The van der Waals surface area contributed by atoms with Gasteiger partial charge in [-0.3, -0.25) is 0 Å². The lowest BCUT2D eigenvalue weighted by atomic mass is 10.0. The van der Waals surface area contributed by atoms with Gasteiger partial charge in [0.15, 0.2) is 0 Å². The van der Waals surface area contributed by atoms with E-state index in [1.165, 1.54) is 16.3 Å². The van der Waals surface area contributed by atoms with Crippen LogP contribution >= 0.6 is 0 Å². The number of ether oxygens (including phenoxy) is 1. The van der Waals surface area contributed by atoms with Crippen molar-refractivity contribution in [2.75, 3.05) is 13.7 Å². The Morgan fingerprint density at radius 2 is 1.80 bits per heavy atom. The number of aliphatic hydroxyl groups is 1. The first kappa shape index (κ1) is 14.8. The van der Waals surface area contributed by atoms with Gasteiger partial charge in [-0.25, -0.2) is 0 Å². The monoisotopic (exact) mass is 273 g/mol. The number of hydrogen-bond acceptors (Lipinski definition) is 3. The zero-order chi connectivity index (χ0) is 14.5. The van der Waals surface area contributed by atoms with Crippen molar-refractivity contribution < 1.29 is 9.84 Å². The van der Waals surface area contributed by atoms with Gasteiger partial charge in [-0.05, 0) is 40.5 Å². The first-order chi connectivity index (χ1) is 9.63. The Hall–Kier alpha value is -1.58. The van der Waals surface area contributed by atoms with Crippen LogP contribution in [0.1, 0.15) is 19.4 Å². The van der Waals surface area contributed by atoms with Crippen LogP contribution in [0.25, 0.3) is 10.8 Å². The summed E-state index contributed by atoms with van der Waals surface area (Å²) >= 11 is 0. The molecule has 0 heterocycles. The van der Waals surface area contributed by atoms with E-state index in [1.54, 1.807) is 7.11 Å². The van der Waals surface area contributed by atoms with E-state index in [1.807, 2.05) is 12.1 Å². The molecule has 1 unspecified atom stereocenters. The van der Waals surface area contributed by atoms with E-state index >= 15 is 0 Å². The predicted molar refractivity (Wildman–Crippen MR) is 83.1 cm³/mol. The zero-order valence-electron chi connectivity index (χ0n) is 12.4. The van der Waals surface area contributed by atoms with Crippen LogP contribution in [0.4, 0.5) is 0 Å². The Morgan fingerprint density at radius 1 is 1.10 bits per heavy atom. The molecule has 1 atom stereocenters. The van der Waals surface area contributed by atoms with Crippen LogP contribution in [0, 0.1) is 5.92 Å². The van der Waals surface area contributed by atoms with Crippen LogP contribution in [0.3, 0.4) is 0 Å². The molecule has 0 aliphatic heterocycles. The first-order valence-corrected chi connectivity index (χ1v) is 7.05. The quantitative estimate of drug-likeness (QED) is 0.850. The smallest absolute Gasteiger partial charge is 0.119 e. The molecule has 0 aromatic heterocycles. The largest absolute Gasteiger partial charge is 0.497 e. The maximum atomic E-state index is 9.33. The lowest BCUT2D eigenvalue weighted by molar-refractivity contribution is 0.210. The number of aliphatic hydroxyl groups excluding tert-OH is 1.